The van der Waals surface area contributed by atoms with E-state index in [2.05, 4.69) is 16.0 Å². The van der Waals surface area contributed by atoms with Crippen LogP contribution in [0.25, 0.3) is 0 Å². The molecular formula is C20H34N4O9. The van der Waals surface area contributed by atoms with Crippen LogP contribution in [0.5, 0.6) is 0 Å². The third kappa shape index (κ3) is 11.8. The monoisotopic (exact) mass is 474 g/mol. The van der Waals surface area contributed by atoms with Crippen LogP contribution in [0, 0.1) is 11.8 Å². The van der Waals surface area contributed by atoms with Crippen LogP contribution in [0.4, 0.5) is 0 Å². The molecule has 0 aromatic heterocycles. The van der Waals surface area contributed by atoms with Gasteiger partial charge in [-0.15, -0.1) is 0 Å². The standard InChI is InChI=1S/C20H34N4O9/c1-9(2)7-11(21)17(29)23-13(8-15(27)28)19(31)22-12(5-6-14(25)26)18(30)24-16(10(3)4)20(32)33/h9-13,16H,5-8,21H2,1-4H3,(H,22,31)(H,23,29)(H,24,30)(H,25,26)(H,27,28)(H,32,33). The van der Waals surface area contributed by atoms with E-state index < -0.39 is 85.0 Å². The SMILES string of the molecule is CC(C)CC(N)C(=O)NC(CC(=O)O)C(=O)NC(CCC(=O)O)C(=O)NC(C(=O)O)C(C)C. The normalized spacial score (nSPS) is 14.6. The van der Waals surface area contributed by atoms with Gasteiger partial charge in [0.25, 0.3) is 0 Å². The molecule has 0 aliphatic carbocycles. The summed E-state index contributed by atoms with van der Waals surface area (Å²) >= 11 is 0. The molecule has 0 saturated heterocycles. The quantitative estimate of drug-likeness (QED) is 0.151. The number of aliphatic carboxylic acids is 3. The molecule has 0 spiro atoms. The van der Waals surface area contributed by atoms with Crippen molar-refractivity contribution in [2.45, 2.75) is 77.5 Å². The van der Waals surface area contributed by atoms with E-state index in [9.17, 15) is 33.9 Å². The third-order valence-corrected chi connectivity index (χ3v) is 4.58. The topological polar surface area (TPSA) is 225 Å². The van der Waals surface area contributed by atoms with E-state index in [1.54, 1.807) is 13.8 Å². The zero-order chi connectivity index (χ0) is 25.9. The Hall–Kier alpha value is -3.22. The van der Waals surface area contributed by atoms with Gasteiger partial charge in [-0.2, -0.15) is 0 Å². The zero-order valence-corrected chi connectivity index (χ0v) is 19.2. The van der Waals surface area contributed by atoms with Crippen LogP contribution in [-0.2, 0) is 28.8 Å². The lowest BCUT2D eigenvalue weighted by atomic mass is 10.0. The molecule has 0 bridgehead atoms. The molecule has 13 heteroatoms. The van der Waals surface area contributed by atoms with Crippen molar-refractivity contribution in [1.29, 1.82) is 0 Å². The molecule has 3 amide bonds. The second-order valence-corrected chi connectivity index (χ2v) is 8.46. The lowest BCUT2D eigenvalue weighted by molar-refractivity contribution is -0.144. The molecule has 13 nitrogen and oxygen atoms in total. The number of nitrogens with one attached hydrogen (secondary N) is 3. The molecule has 33 heavy (non-hydrogen) atoms. The Kier molecular flexibility index (Phi) is 12.7. The Balaban J connectivity index is 5.58. The van der Waals surface area contributed by atoms with Gasteiger partial charge in [-0.05, 0) is 24.7 Å². The Morgan fingerprint density at radius 2 is 1.27 bits per heavy atom. The molecule has 0 radical (unpaired) electrons. The highest BCUT2D eigenvalue weighted by Gasteiger charge is 2.32. The van der Waals surface area contributed by atoms with E-state index in [1.807, 2.05) is 13.8 Å². The molecule has 0 fully saturated rings. The summed E-state index contributed by atoms with van der Waals surface area (Å²) in [6.45, 7) is 6.73. The van der Waals surface area contributed by atoms with Crippen molar-refractivity contribution in [3.63, 3.8) is 0 Å². The minimum Gasteiger partial charge on any atom is -0.481 e. The second kappa shape index (κ2) is 14.0. The Labute approximate surface area is 191 Å². The van der Waals surface area contributed by atoms with Crippen molar-refractivity contribution in [2.24, 2.45) is 17.6 Å². The molecule has 4 atom stereocenters. The van der Waals surface area contributed by atoms with Crippen LogP contribution in [0.15, 0.2) is 0 Å². The van der Waals surface area contributed by atoms with Gasteiger partial charge >= 0.3 is 17.9 Å². The largest absolute Gasteiger partial charge is 0.481 e. The lowest BCUT2D eigenvalue weighted by Gasteiger charge is -2.25. The molecule has 0 heterocycles. The van der Waals surface area contributed by atoms with Crippen LogP contribution in [0.2, 0.25) is 0 Å². The van der Waals surface area contributed by atoms with Crippen molar-refractivity contribution in [1.82, 2.24) is 16.0 Å². The van der Waals surface area contributed by atoms with Crippen molar-refractivity contribution < 1.29 is 44.1 Å². The van der Waals surface area contributed by atoms with Gasteiger partial charge in [0.05, 0.1) is 12.5 Å². The van der Waals surface area contributed by atoms with Gasteiger partial charge in [0.2, 0.25) is 17.7 Å². The van der Waals surface area contributed by atoms with E-state index >= 15 is 0 Å². The minimum absolute atomic E-state index is 0.0599. The van der Waals surface area contributed by atoms with E-state index in [0.29, 0.717) is 0 Å². The molecule has 8 N–H and O–H groups in total. The number of carboxylic acids is 3. The molecule has 4 unspecified atom stereocenters. The third-order valence-electron chi connectivity index (χ3n) is 4.58. The summed E-state index contributed by atoms with van der Waals surface area (Å²) in [6.07, 6.45) is -1.46. The van der Waals surface area contributed by atoms with E-state index in [-0.39, 0.29) is 12.3 Å². The second-order valence-electron chi connectivity index (χ2n) is 8.46. The number of hydrogen-bond acceptors (Lipinski definition) is 7. The number of rotatable bonds is 15. The van der Waals surface area contributed by atoms with Gasteiger partial charge in [0.1, 0.15) is 18.1 Å². The number of amides is 3. The van der Waals surface area contributed by atoms with Gasteiger partial charge in [-0.25, -0.2) is 4.79 Å². The first-order chi connectivity index (χ1) is 15.1. The van der Waals surface area contributed by atoms with E-state index in [1.165, 1.54) is 0 Å². The van der Waals surface area contributed by atoms with E-state index in [4.69, 9.17) is 15.9 Å². The van der Waals surface area contributed by atoms with Crippen molar-refractivity contribution in [3.8, 4) is 0 Å². The highest BCUT2D eigenvalue weighted by molar-refractivity contribution is 5.95. The molecule has 0 aromatic carbocycles. The summed E-state index contributed by atoms with van der Waals surface area (Å²) in [6, 6.07) is -5.37. The fourth-order valence-electron chi connectivity index (χ4n) is 2.85. The molecule has 0 aliphatic heterocycles. The van der Waals surface area contributed by atoms with Crippen molar-refractivity contribution in [3.05, 3.63) is 0 Å². The summed E-state index contributed by atoms with van der Waals surface area (Å²) in [5.74, 6) is -7.22. The van der Waals surface area contributed by atoms with Gasteiger partial charge in [0.15, 0.2) is 0 Å². The van der Waals surface area contributed by atoms with Gasteiger partial charge in [-0.3, -0.25) is 24.0 Å². The number of carboxylic acid groups (broad SMARTS) is 3. The smallest absolute Gasteiger partial charge is 0.326 e. The van der Waals surface area contributed by atoms with Gasteiger partial charge in [0, 0.05) is 6.42 Å². The van der Waals surface area contributed by atoms with Gasteiger partial charge < -0.3 is 37.0 Å². The molecule has 0 aliphatic rings. The Morgan fingerprint density at radius 1 is 0.758 bits per heavy atom. The summed E-state index contributed by atoms with van der Waals surface area (Å²) in [5, 5.41) is 34.0. The fourth-order valence-corrected chi connectivity index (χ4v) is 2.85. The summed E-state index contributed by atoms with van der Waals surface area (Å²) in [4.78, 5) is 71.1. The summed E-state index contributed by atoms with van der Waals surface area (Å²) in [7, 11) is 0. The van der Waals surface area contributed by atoms with Crippen LogP contribution < -0.4 is 21.7 Å². The van der Waals surface area contributed by atoms with Crippen molar-refractivity contribution in [2.75, 3.05) is 0 Å². The van der Waals surface area contributed by atoms with Crippen molar-refractivity contribution >= 4 is 35.6 Å². The first-order valence-electron chi connectivity index (χ1n) is 10.5. The minimum atomic E-state index is -1.59. The summed E-state index contributed by atoms with van der Waals surface area (Å²) < 4.78 is 0. The molecule has 0 rings (SSSR count). The maximum Gasteiger partial charge on any atom is 0.326 e. The zero-order valence-electron chi connectivity index (χ0n) is 19.2. The number of nitrogens with two attached hydrogens (primary N) is 1. The number of carbonyl (C=O) groups excluding carboxylic acids is 3. The van der Waals surface area contributed by atoms with Gasteiger partial charge in [-0.1, -0.05) is 27.7 Å². The number of carbonyl (C=O) groups is 6. The maximum absolute atomic E-state index is 12.7. The Bertz CT molecular complexity index is 739. The van der Waals surface area contributed by atoms with Crippen LogP contribution in [-0.4, -0.2) is 75.1 Å². The first kappa shape index (κ1) is 29.8. The van der Waals surface area contributed by atoms with Crippen LogP contribution in [0.1, 0.15) is 53.4 Å². The molecule has 0 aromatic rings. The lowest BCUT2D eigenvalue weighted by Crippen LogP contribution is -2.58. The predicted molar refractivity (Wildman–Crippen MR) is 115 cm³/mol. The average Bonchev–Trinajstić information content (AvgIpc) is 2.66. The molecule has 0 saturated carbocycles. The molecular weight excluding hydrogens is 440 g/mol. The maximum atomic E-state index is 12.7. The van der Waals surface area contributed by atoms with Crippen LogP contribution >= 0.6 is 0 Å². The highest BCUT2D eigenvalue weighted by Crippen LogP contribution is 2.07. The first-order valence-corrected chi connectivity index (χ1v) is 10.5. The summed E-state index contributed by atoms with van der Waals surface area (Å²) in [5.41, 5.74) is 5.76. The Morgan fingerprint density at radius 3 is 1.70 bits per heavy atom. The fraction of sp³-hybridized carbons (Fsp3) is 0.700. The average molecular weight is 475 g/mol. The van der Waals surface area contributed by atoms with E-state index in [0.717, 1.165) is 0 Å². The molecule has 188 valence electrons. The number of hydrogen-bond donors (Lipinski definition) is 7. The van der Waals surface area contributed by atoms with Crippen LogP contribution in [0.3, 0.4) is 0 Å². The highest BCUT2D eigenvalue weighted by atomic mass is 16.4. The predicted octanol–water partition coefficient (Wildman–Crippen LogP) is -1.11.